The van der Waals surface area contributed by atoms with E-state index in [9.17, 15) is 19.7 Å². The van der Waals surface area contributed by atoms with Crippen LogP contribution in [0.15, 0.2) is 56.7 Å². The van der Waals surface area contributed by atoms with Gasteiger partial charge in [0.2, 0.25) is 0 Å². The van der Waals surface area contributed by atoms with Crippen LogP contribution in [0.2, 0.25) is 0 Å². The quantitative estimate of drug-likeness (QED) is 0.476. The Kier molecular flexibility index (Phi) is 6.89. The largest absolute Gasteiger partial charge is 0.390 e. The molecule has 0 radical (unpaired) electrons. The van der Waals surface area contributed by atoms with Gasteiger partial charge in [-0.1, -0.05) is 23.4 Å². The maximum Gasteiger partial charge on any atom is 0.124 e. The summed E-state index contributed by atoms with van der Waals surface area (Å²) in [6, 6.07) is 11.7. The Morgan fingerprint density at radius 3 is 2.39 bits per heavy atom. The summed E-state index contributed by atoms with van der Waals surface area (Å²) in [7, 11) is 0. The van der Waals surface area contributed by atoms with Crippen LogP contribution in [0.4, 0.5) is 4.39 Å². The summed E-state index contributed by atoms with van der Waals surface area (Å²) in [5.41, 5.74) is 5.06. The van der Waals surface area contributed by atoms with E-state index in [0.717, 1.165) is 42.9 Å². The van der Waals surface area contributed by atoms with E-state index in [1.807, 2.05) is 6.07 Å². The van der Waals surface area contributed by atoms with Gasteiger partial charge >= 0.3 is 0 Å². The van der Waals surface area contributed by atoms with Crippen LogP contribution in [0.1, 0.15) is 36.8 Å². The van der Waals surface area contributed by atoms with Crippen LogP contribution < -0.4 is 0 Å². The summed E-state index contributed by atoms with van der Waals surface area (Å²) in [6.45, 7) is 2.67. The van der Waals surface area contributed by atoms with Crippen molar-refractivity contribution in [2.75, 3.05) is 25.9 Å². The molecule has 3 N–H and O–H groups in total. The van der Waals surface area contributed by atoms with Gasteiger partial charge in [0.15, 0.2) is 0 Å². The number of hydrogen-bond donors (Lipinski definition) is 3. The molecular formula is C26H30FNO3S2. The van der Waals surface area contributed by atoms with Gasteiger partial charge in [-0.05, 0) is 84.9 Å². The van der Waals surface area contributed by atoms with E-state index in [1.165, 1.54) is 26.5 Å². The average molecular weight is 488 g/mol. The molecule has 0 bridgehead atoms. The number of likely N-dealkylation sites (tertiary alicyclic amines) is 1. The van der Waals surface area contributed by atoms with Crippen LogP contribution in [0.25, 0.3) is 5.57 Å². The number of aliphatic hydroxyl groups excluding tert-OH is 3. The zero-order valence-electron chi connectivity index (χ0n) is 18.7. The Hall–Kier alpha value is -1.35. The van der Waals surface area contributed by atoms with Crippen LogP contribution in [0.5, 0.6) is 0 Å². The maximum atomic E-state index is 14.0. The minimum atomic E-state index is -1.03. The predicted octanol–water partition coefficient (Wildman–Crippen LogP) is 4.40. The number of benzene rings is 2. The molecule has 2 aromatic rings. The standard InChI is InChI=1S/C26H30FNO3S2/c1-32-18-3-5-23-20(13-18)25(19-4-2-17(27)12-24(19)33-23)16-6-8-28(9-7-16)14-15-10-21(29)26(31)22(30)11-15/h2-5,12-13,15,21-22,26,29-31H,6-11,14H2,1H3. The van der Waals surface area contributed by atoms with Gasteiger partial charge < -0.3 is 20.2 Å². The molecule has 2 aliphatic heterocycles. The molecule has 4 nitrogen and oxygen atoms in total. The summed E-state index contributed by atoms with van der Waals surface area (Å²) in [5, 5.41) is 29.9. The number of halogens is 1. The van der Waals surface area contributed by atoms with Crippen molar-refractivity contribution in [2.24, 2.45) is 5.92 Å². The highest BCUT2D eigenvalue weighted by Crippen LogP contribution is 2.48. The molecular weight excluding hydrogens is 457 g/mol. The highest BCUT2D eigenvalue weighted by Gasteiger charge is 2.36. The van der Waals surface area contributed by atoms with Gasteiger partial charge in [0, 0.05) is 34.3 Å². The van der Waals surface area contributed by atoms with E-state index in [0.29, 0.717) is 12.8 Å². The second kappa shape index (κ2) is 9.72. The lowest BCUT2D eigenvalue weighted by atomic mass is 9.82. The zero-order valence-corrected chi connectivity index (χ0v) is 20.3. The van der Waals surface area contributed by atoms with Crippen molar-refractivity contribution in [3.05, 3.63) is 58.9 Å². The smallest absolute Gasteiger partial charge is 0.124 e. The molecule has 2 aromatic carbocycles. The Morgan fingerprint density at radius 1 is 0.970 bits per heavy atom. The van der Waals surface area contributed by atoms with E-state index in [1.54, 1.807) is 35.7 Å². The predicted molar refractivity (Wildman–Crippen MR) is 131 cm³/mol. The molecule has 0 aromatic heterocycles. The third-order valence-electron chi connectivity index (χ3n) is 7.16. The lowest BCUT2D eigenvalue weighted by Gasteiger charge is -2.38. The molecule has 176 valence electrons. The highest BCUT2D eigenvalue weighted by atomic mass is 32.2. The molecule has 33 heavy (non-hydrogen) atoms. The molecule has 0 amide bonds. The van der Waals surface area contributed by atoms with Crippen LogP contribution >= 0.6 is 23.5 Å². The minimum absolute atomic E-state index is 0.187. The van der Waals surface area contributed by atoms with Gasteiger partial charge in [-0.3, -0.25) is 0 Å². The first kappa shape index (κ1) is 23.4. The van der Waals surface area contributed by atoms with Crippen molar-refractivity contribution >= 4 is 29.1 Å². The number of hydrogen-bond acceptors (Lipinski definition) is 6. The molecule has 2 fully saturated rings. The first-order valence-corrected chi connectivity index (χ1v) is 13.6. The summed E-state index contributed by atoms with van der Waals surface area (Å²) in [5.74, 6) is -0.0150. The van der Waals surface area contributed by atoms with Crippen molar-refractivity contribution in [3.8, 4) is 0 Å². The fourth-order valence-electron chi connectivity index (χ4n) is 5.44. The molecule has 2 heterocycles. The van der Waals surface area contributed by atoms with Crippen molar-refractivity contribution in [2.45, 2.75) is 58.7 Å². The van der Waals surface area contributed by atoms with Crippen LogP contribution in [-0.2, 0) is 0 Å². The van der Waals surface area contributed by atoms with Gasteiger partial charge in [0.1, 0.15) is 11.9 Å². The lowest BCUT2D eigenvalue weighted by molar-refractivity contribution is -0.103. The molecule has 1 aliphatic carbocycles. The summed E-state index contributed by atoms with van der Waals surface area (Å²) >= 11 is 3.38. The van der Waals surface area contributed by atoms with Crippen molar-refractivity contribution in [1.29, 1.82) is 0 Å². The second-order valence-corrected chi connectivity index (χ2v) is 11.3. The van der Waals surface area contributed by atoms with E-state index >= 15 is 0 Å². The number of piperidine rings is 1. The lowest BCUT2D eigenvalue weighted by Crippen LogP contribution is -2.47. The summed E-state index contributed by atoms with van der Waals surface area (Å²) < 4.78 is 14.0. The number of nitrogens with zero attached hydrogens (tertiary/aromatic N) is 1. The summed E-state index contributed by atoms with van der Waals surface area (Å²) in [4.78, 5) is 5.80. The first-order chi connectivity index (χ1) is 15.9. The molecule has 7 heteroatoms. The van der Waals surface area contributed by atoms with E-state index in [-0.39, 0.29) is 11.7 Å². The van der Waals surface area contributed by atoms with Gasteiger partial charge in [-0.2, -0.15) is 0 Å². The van der Waals surface area contributed by atoms with Gasteiger partial charge in [-0.25, -0.2) is 4.39 Å². The molecule has 0 spiro atoms. The Balaban J connectivity index is 1.39. The third-order valence-corrected chi connectivity index (χ3v) is 9.02. The fraction of sp³-hybridized carbons (Fsp3) is 0.462. The van der Waals surface area contributed by atoms with Crippen LogP contribution in [0.3, 0.4) is 0 Å². The van der Waals surface area contributed by atoms with Crippen molar-refractivity contribution in [1.82, 2.24) is 4.90 Å². The Morgan fingerprint density at radius 2 is 1.70 bits per heavy atom. The summed E-state index contributed by atoms with van der Waals surface area (Å²) in [6.07, 6.45) is 2.32. The molecule has 5 rings (SSSR count). The average Bonchev–Trinajstić information content (AvgIpc) is 2.81. The normalized spacial score (nSPS) is 27.9. The van der Waals surface area contributed by atoms with Gasteiger partial charge in [-0.15, -0.1) is 11.8 Å². The molecule has 1 saturated carbocycles. The van der Waals surface area contributed by atoms with Crippen molar-refractivity contribution < 1.29 is 19.7 Å². The minimum Gasteiger partial charge on any atom is -0.390 e. The number of rotatable bonds is 3. The number of aliphatic hydroxyl groups is 3. The van der Waals surface area contributed by atoms with E-state index < -0.39 is 18.3 Å². The van der Waals surface area contributed by atoms with E-state index in [2.05, 4.69) is 29.4 Å². The van der Waals surface area contributed by atoms with Crippen LogP contribution in [-0.4, -0.2) is 64.4 Å². The molecule has 2 atom stereocenters. The molecule has 1 saturated heterocycles. The van der Waals surface area contributed by atoms with Gasteiger partial charge in [0.25, 0.3) is 0 Å². The van der Waals surface area contributed by atoms with E-state index in [4.69, 9.17) is 0 Å². The highest BCUT2D eigenvalue weighted by molar-refractivity contribution is 7.99. The maximum absolute atomic E-state index is 14.0. The SMILES string of the molecule is CSc1ccc2c(c1)C(=C1CCN(CC3CC(O)C(O)C(O)C3)CC1)c1ccc(F)cc1S2. The topological polar surface area (TPSA) is 63.9 Å². The Bertz CT molecular complexity index is 1050. The Labute approximate surface area is 202 Å². The third kappa shape index (κ3) is 4.77. The van der Waals surface area contributed by atoms with Crippen LogP contribution in [0, 0.1) is 11.7 Å². The molecule has 3 aliphatic rings. The number of thioether (sulfide) groups is 1. The van der Waals surface area contributed by atoms with Gasteiger partial charge in [0.05, 0.1) is 12.2 Å². The molecule has 2 unspecified atom stereocenters. The second-order valence-electron chi connectivity index (χ2n) is 9.35. The monoisotopic (exact) mass is 487 g/mol. The number of fused-ring (bicyclic) bond motifs is 2. The fourth-order valence-corrected chi connectivity index (χ4v) is 6.97. The van der Waals surface area contributed by atoms with Crippen molar-refractivity contribution in [3.63, 3.8) is 0 Å². The first-order valence-electron chi connectivity index (χ1n) is 11.6. The zero-order chi connectivity index (χ0) is 23.1.